The van der Waals surface area contributed by atoms with Crippen LogP contribution in [0.2, 0.25) is 0 Å². The predicted molar refractivity (Wildman–Crippen MR) is 136 cm³/mol. The first-order chi connectivity index (χ1) is 17.8. The Morgan fingerprint density at radius 1 is 0.946 bits per heavy atom. The summed E-state index contributed by atoms with van der Waals surface area (Å²) < 4.78 is 25.3. The second-order valence-corrected chi connectivity index (χ2v) is 9.63. The van der Waals surface area contributed by atoms with Crippen LogP contribution in [0.3, 0.4) is 0 Å². The first kappa shape index (κ1) is 23.2. The smallest absolute Gasteiger partial charge is 0.180 e. The normalized spacial score (nSPS) is 22.6. The molecule has 0 aromatic heterocycles. The molecule has 1 saturated heterocycles. The second-order valence-electron chi connectivity index (χ2n) is 9.63. The van der Waals surface area contributed by atoms with Crippen molar-refractivity contribution in [2.75, 3.05) is 19.1 Å². The van der Waals surface area contributed by atoms with Crippen molar-refractivity contribution in [1.29, 1.82) is 0 Å². The topological polar surface area (TPSA) is 72.9 Å². The molecule has 7 heteroatoms. The maximum absolute atomic E-state index is 14.4. The number of carbonyl (C=O) groups excluding carboxylic acids is 3. The van der Waals surface area contributed by atoms with E-state index in [4.69, 9.17) is 9.47 Å². The molecule has 0 bridgehead atoms. The van der Waals surface area contributed by atoms with Gasteiger partial charge in [0.2, 0.25) is 0 Å². The van der Waals surface area contributed by atoms with Gasteiger partial charge in [-0.2, -0.15) is 0 Å². The Labute approximate surface area is 213 Å². The summed E-state index contributed by atoms with van der Waals surface area (Å²) in [6.45, 7) is 1.46. The van der Waals surface area contributed by atoms with Crippen LogP contribution in [-0.4, -0.2) is 43.7 Å². The lowest BCUT2D eigenvalue weighted by atomic mass is 9.64. The molecule has 0 N–H and O–H groups in total. The van der Waals surface area contributed by atoms with Crippen molar-refractivity contribution in [3.63, 3.8) is 0 Å². The van der Waals surface area contributed by atoms with Gasteiger partial charge in [-0.25, -0.2) is 4.39 Å². The highest BCUT2D eigenvalue weighted by atomic mass is 19.1. The van der Waals surface area contributed by atoms with Crippen LogP contribution in [0.15, 0.2) is 66.7 Å². The fourth-order valence-electron chi connectivity index (χ4n) is 6.53. The summed E-state index contributed by atoms with van der Waals surface area (Å²) in [6.07, 6.45) is 3.49. The summed E-state index contributed by atoms with van der Waals surface area (Å²) >= 11 is 0. The Kier molecular flexibility index (Phi) is 5.09. The van der Waals surface area contributed by atoms with Crippen molar-refractivity contribution in [2.45, 2.75) is 24.9 Å². The first-order valence-corrected chi connectivity index (χ1v) is 12.0. The zero-order chi connectivity index (χ0) is 26.1. The van der Waals surface area contributed by atoms with Crippen LogP contribution in [0.1, 0.15) is 44.7 Å². The maximum atomic E-state index is 14.4. The number of Topliss-reactive ketones (excluding diaryl/α,β-unsaturated/α-hetero) is 3. The Bertz CT molecular complexity index is 1490. The minimum atomic E-state index is -1.64. The lowest BCUT2D eigenvalue weighted by Gasteiger charge is -2.37. The van der Waals surface area contributed by atoms with Crippen molar-refractivity contribution >= 4 is 29.1 Å². The number of benzene rings is 3. The van der Waals surface area contributed by atoms with E-state index < -0.39 is 29.2 Å². The van der Waals surface area contributed by atoms with E-state index in [-0.39, 0.29) is 17.3 Å². The van der Waals surface area contributed by atoms with Crippen LogP contribution in [-0.2, 0) is 4.79 Å². The molecule has 6 nitrogen and oxygen atoms in total. The highest BCUT2D eigenvalue weighted by Crippen LogP contribution is 2.61. The van der Waals surface area contributed by atoms with Gasteiger partial charge in [-0.15, -0.1) is 0 Å². The summed E-state index contributed by atoms with van der Waals surface area (Å²) in [5.74, 6) is -1.26. The van der Waals surface area contributed by atoms with Gasteiger partial charge in [-0.1, -0.05) is 36.4 Å². The fourth-order valence-corrected chi connectivity index (χ4v) is 6.53. The Morgan fingerprint density at radius 3 is 2.27 bits per heavy atom. The molecule has 0 radical (unpaired) electrons. The summed E-state index contributed by atoms with van der Waals surface area (Å²) in [5.41, 5.74) is 0.731. The average molecular weight is 498 g/mol. The van der Waals surface area contributed by atoms with Crippen LogP contribution in [0.4, 0.5) is 10.1 Å². The minimum absolute atomic E-state index is 0.223. The van der Waals surface area contributed by atoms with Gasteiger partial charge in [0.1, 0.15) is 22.7 Å². The predicted octanol–water partition coefficient (Wildman–Crippen LogP) is 4.87. The van der Waals surface area contributed by atoms with Crippen molar-refractivity contribution in [2.24, 2.45) is 5.41 Å². The zero-order valence-corrected chi connectivity index (χ0v) is 20.5. The number of methoxy groups -OCH3 is 2. The summed E-state index contributed by atoms with van der Waals surface area (Å²) in [6, 6.07) is 14.6. The van der Waals surface area contributed by atoms with Crippen LogP contribution in [0.25, 0.3) is 6.08 Å². The molecule has 186 valence electrons. The molecule has 0 unspecified atom stereocenters. The number of anilines is 1. The van der Waals surface area contributed by atoms with E-state index in [2.05, 4.69) is 0 Å². The lowest BCUT2D eigenvalue weighted by Crippen LogP contribution is -2.48. The van der Waals surface area contributed by atoms with Gasteiger partial charge in [0.25, 0.3) is 0 Å². The van der Waals surface area contributed by atoms with Crippen molar-refractivity contribution in [3.8, 4) is 11.5 Å². The molecule has 37 heavy (non-hydrogen) atoms. The van der Waals surface area contributed by atoms with Gasteiger partial charge >= 0.3 is 0 Å². The molecule has 3 aromatic carbocycles. The third-order valence-electron chi connectivity index (χ3n) is 7.95. The molecule has 2 heterocycles. The van der Waals surface area contributed by atoms with E-state index >= 15 is 0 Å². The molecule has 3 atom stereocenters. The van der Waals surface area contributed by atoms with Crippen molar-refractivity contribution in [1.82, 2.24) is 0 Å². The third-order valence-corrected chi connectivity index (χ3v) is 7.95. The molecule has 1 aliphatic carbocycles. The van der Waals surface area contributed by atoms with Gasteiger partial charge in [0.15, 0.2) is 17.3 Å². The van der Waals surface area contributed by atoms with Gasteiger partial charge in [-0.05, 0) is 43.3 Å². The zero-order valence-electron chi connectivity index (χ0n) is 20.5. The molecule has 0 saturated carbocycles. The summed E-state index contributed by atoms with van der Waals surface area (Å²) in [5, 5.41) is 0. The quantitative estimate of drug-likeness (QED) is 0.479. The molecule has 0 amide bonds. The summed E-state index contributed by atoms with van der Waals surface area (Å²) in [4.78, 5) is 44.2. The molecule has 2 aliphatic heterocycles. The highest BCUT2D eigenvalue weighted by molar-refractivity contribution is 6.32. The number of fused-ring (bicyclic) bond motifs is 5. The van der Waals surface area contributed by atoms with Crippen LogP contribution < -0.4 is 14.4 Å². The number of ether oxygens (including phenoxy) is 2. The standard InChI is InChI=1S/C30H24FNO5/c1-16(33)27-26(22-15-19(36-2)10-12-24(22)37-3)30(28(34)20-6-4-5-7-21(20)29(30)35)25-13-8-17-14-18(31)9-11-23(17)32(25)27/h4-15,25-27H,1-3H3/t25-,26+,27-/m1/s1. The Morgan fingerprint density at radius 2 is 1.65 bits per heavy atom. The van der Waals surface area contributed by atoms with Gasteiger partial charge in [0.05, 0.1) is 26.3 Å². The Balaban J connectivity index is 1.71. The van der Waals surface area contributed by atoms with E-state index in [1.54, 1.807) is 60.7 Å². The van der Waals surface area contributed by atoms with E-state index in [0.717, 1.165) is 0 Å². The second kappa shape index (κ2) is 8.13. The van der Waals surface area contributed by atoms with E-state index in [1.807, 2.05) is 4.90 Å². The monoisotopic (exact) mass is 497 g/mol. The number of hydrogen-bond acceptors (Lipinski definition) is 6. The molecular weight excluding hydrogens is 473 g/mol. The molecule has 3 aromatic rings. The lowest BCUT2D eigenvalue weighted by molar-refractivity contribution is -0.118. The molecule has 1 spiro atoms. The molecule has 1 fully saturated rings. The fraction of sp³-hybridized carbons (Fsp3) is 0.233. The number of hydrogen-bond donors (Lipinski definition) is 0. The van der Waals surface area contributed by atoms with E-state index in [0.29, 0.717) is 39.4 Å². The highest BCUT2D eigenvalue weighted by Gasteiger charge is 2.71. The maximum Gasteiger partial charge on any atom is 0.180 e. The van der Waals surface area contributed by atoms with Gasteiger partial charge in [0, 0.05) is 33.9 Å². The SMILES string of the molecule is COc1ccc(OC)c([C@H]2[C@@H](C(C)=O)N3c4ccc(F)cc4C=C[C@@H]3C23C(=O)c2ccccc2C3=O)c1. The first-order valence-electron chi connectivity index (χ1n) is 12.0. The van der Waals surface area contributed by atoms with Crippen LogP contribution >= 0.6 is 0 Å². The van der Waals surface area contributed by atoms with Crippen LogP contribution in [0.5, 0.6) is 11.5 Å². The Hall–Kier alpha value is -4.26. The molecule has 3 aliphatic rings. The molecule has 6 rings (SSSR count). The van der Waals surface area contributed by atoms with E-state index in [9.17, 15) is 18.8 Å². The number of halogens is 1. The largest absolute Gasteiger partial charge is 0.497 e. The number of carbonyl (C=O) groups is 3. The number of rotatable bonds is 4. The van der Waals surface area contributed by atoms with Gasteiger partial charge in [-0.3, -0.25) is 14.4 Å². The third kappa shape index (κ3) is 2.94. The number of nitrogens with zero attached hydrogens (tertiary/aromatic N) is 1. The summed E-state index contributed by atoms with van der Waals surface area (Å²) in [7, 11) is 3.03. The van der Waals surface area contributed by atoms with Crippen LogP contribution in [0, 0.1) is 11.2 Å². The van der Waals surface area contributed by atoms with Gasteiger partial charge < -0.3 is 14.4 Å². The number of ketones is 3. The van der Waals surface area contributed by atoms with Crippen molar-refractivity contribution < 1.29 is 28.2 Å². The van der Waals surface area contributed by atoms with E-state index in [1.165, 1.54) is 33.3 Å². The van der Waals surface area contributed by atoms with Crippen molar-refractivity contribution in [3.05, 3.63) is 94.8 Å². The molecular formula is C30H24FNO5. The average Bonchev–Trinajstić information content (AvgIpc) is 3.34. The minimum Gasteiger partial charge on any atom is -0.497 e.